The van der Waals surface area contributed by atoms with E-state index < -0.39 is 0 Å². The summed E-state index contributed by atoms with van der Waals surface area (Å²) in [5, 5.41) is 0. The first-order chi connectivity index (χ1) is 9.63. The van der Waals surface area contributed by atoms with E-state index in [0.717, 1.165) is 12.3 Å². The highest BCUT2D eigenvalue weighted by molar-refractivity contribution is 5.77. The normalized spacial score (nSPS) is 15.9. The Morgan fingerprint density at radius 1 is 1.15 bits per heavy atom. The smallest absolute Gasteiger partial charge is 0.307 e. The zero-order valence-electron chi connectivity index (χ0n) is 13.0. The van der Waals surface area contributed by atoms with Crippen LogP contribution in [0.2, 0.25) is 0 Å². The number of carbonyl (C=O) groups excluding carboxylic acids is 2. The van der Waals surface area contributed by atoms with Crippen LogP contribution in [0.4, 0.5) is 0 Å². The van der Waals surface area contributed by atoms with E-state index in [0.29, 0.717) is 26.0 Å². The van der Waals surface area contributed by atoms with E-state index >= 15 is 0 Å². The van der Waals surface area contributed by atoms with Gasteiger partial charge in [0, 0.05) is 20.0 Å². The summed E-state index contributed by atoms with van der Waals surface area (Å²) >= 11 is 0. The monoisotopic (exact) mass is 283 g/mol. The summed E-state index contributed by atoms with van der Waals surface area (Å²) in [6.45, 7) is 2.65. The molecule has 0 aromatic heterocycles. The van der Waals surface area contributed by atoms with E-state index in [1.54, 1.807) is 18.9 Å². The SMILES string of the molecule is CCOC(=O)CCN(C)C(=O)CCCC1CCCCC1. The molecular formula is C16H29NO3. The predicted molar refractivity (Wildman–Crippen MR) is 79.3 cm³/mol. The molecule has 0 unspecified atom stereocenters. The van der Waals surface area contributed by atoms with E-state index in [9.17, 15) is 9.59 Å². The number of rotatable bonds is 8. The number of hydrogen-bond donors (Lipinski definition) is 0. The molecule has 116 valence electrons. The van der Waals surface area contributed by atoms with Crippen molar-refractivity contribution in [3.05, 3.63) is 0 Å². The molecule has 1 amide bonds. The van der Waals surface area contributed by atoms with Crippen LogP contribution in [0, 0.1) is 5.92 Å². The molecule has 20 heavy (non-hydrogen) atoms. The Morgan fingerprint density at radius 3 is 2.50 bits per heavy atom. The van der Waals surface area contributed by atoms with Crippen LogP contribution in [-0.4, -0.2) is 37.0 Å². The summed E-state index contributed by atoms with van der Waals surface area (Å²) in [4.78, 5) is 24.8. The number of esters is 1. The van der Waals surface area contributed by atoms with Gasteiger partial charge in [0.15, 0.2) is 0 Å². The lowest BCUT2D eigenvalue weighted by Gasteiger charge is -2.22. The Balaban J connectivity index is 2.09. The first kappa shape index (κ1) is 17.0. The fraction of sp³-hybridized carbons (Fsp3) is 0.875. The van der Waals surface area contributed by atoms with Crippen LogP contribution in [-0.2, 0) is 14.3 Å². The standard InChI is InChI=1S/C16H29NO3/c1-3-20-16(19)12-13-17(2)15(18)11-7-10-14-8-5-4-6-9-14/h14H,3-13H2,1-2H3. The summed E-state index contributed by atoms with van der Waals surface area (Å²) in [5.41, 5.74) is 0. The summed E-state index contributed by atoms with van der Waals surface area (Å²) in [6.07, 6.45) is 9.83. The van der Waals surface area contributed by atoms with Crippen molar-refractivity contribution in [3.8, 4) is 0 Å². The zero-order chi connectivity index (χ0) is 14.8. The minimum atomic E-state index is -0.227. The first-order valence-corrected chi connectivity index (χ1v) is 8.03. The predicted octanol–water partition coefficient (Wildman–Crippen LogP) is 3.15. The fourth-order valence-electron chi connectivity index (χ4n) is 2.83. The molecule has 4 heteroatoms. The zero-order valence-corrected chi connectivity index (χ0v) is 13.0. The van der Waals surface area contributed by atoms with E-state index in [1.165, 1.54) is 38.5 Å². The van der Waals surface area contributed by atoms with E-state index in [1.807, 2.05) is 0 Å². The highest BCUT2D eigenvalue weighted by Crippen LogP contribution is 2.27. The van der Waals surface area contributed by atoms with Crippen LogP contribution in [0.5, 0.6) is 0 Å². The van der Waals surface area contributed by atoms with Crippen molar-refractivity contribution in [2.75, 3.05) is 20.2 Å². The van der Waals surface area contributed by atoms with Gasteiger partial charge in [-0.3, -0.25) is 9.59 Å². The van der Waals surface area contributed by atoms with Gasteiger partial charge in [0.2, 0.25) is 5.91 Å². The summed E-state index contributed by atoms with van der Waals surface area (Å²) in [5.74, 6) is 0.751. The lowest BCUT2D eigenvalue weighted by atomic mass is 9.86. The van der Waals surface area contributed by atoms with Crippen LogP contribution < -0.4 is 0 Å². The molecule has 1 fully saturated rings. The summed E-state index contributed by atoms with van der Waals surface area (Å²) in [6, 6.07) is 0. The van der Waals surface area contributed by atoms with Crippen LogP contribution in [0.15, 0.2) is 0 Å². The number of hydrogen-bond acceptors (Lipinski definition) is 3. The molecule has 0 bridgehead atoms. The number of amides is 1. The Kier molecular flexibility index (Phi) is 8.31. The van der Waals surface area contributed by atoms with Gasteiger partial charge < -0.3 is 9.64 Å². The highest BCUT2D eigenvalue weighted by atomic mass is 16.5. The maximum absolute atomic E-state index is 11.9. The van der Waals surface area contributed by atoms with Gasteiger partial charge in [0.05, 0.1) is 13.0 Å². The van der Waals surface area contributed by atoms with Gasteiger partial charge in [-0.05, 0) is 25.7 Å². The van der Waals surface area contributed by atoms with Crippen LogP contribution in [0.25, 0.3) is 0 Å². The molecule has 0 aromatic carbocycles. The van der Waals surface area contributed by atoms with Gasteiger partial charge in [0.25, 0.3) is 0 Å². The Labute approximate surface area is 122 Å². The number of carbonyl (C=O) groups is 2. The lowest BCUT2D eigenvalue weighted by Crippen LogP contribution is -2.29. The van der Waals surface area contributed by atoms with Gasteiger partial charge in [-0.25, -0.2) is 0 Å². The van der Waals surface area contributed by atoms with Crippen molar-refractivity contribution in [3.63, 3.8) is 0 Å². The van der Waals surface area contributed by atoms with Crippen molar-refractivity contribution in [2.45, 2.75) is 64.7 Å². The second kappa shape index (κ2) is 9.78. The molecule has 0 saturated heterocycles. The van der Waals surface area contributed by atoms with Gasteiger partial charge >= 0.3 is 5.97 Å². The molecule has 0 aliphatic heterocycles. The Bertz CT molecular complexity index is 298. The van der Waals surface area contributed by atoms with Crippen LogP contribution in [0.1, 0.15) is 64.7 Å². The quantitative estimate of drug-likeness (QED) is 0.643. The third-order valence-electron chi connectivity index (χ3n) is 4.11. The van der Waals surface area contributed by atoms with Crippen LogP contribution in [0.3, 0.4) is 0 Å². The van der Waals surface area contributed by atoms with E-state index in [2.05, 4.69) is 0 Å². The first-order valence-electron chi connectivity index (χ1n) is 8.03. The Hall–Kier alpha value is -1.06. The number of nitrogens with zero attached hydrogens (tertiary/aromatic N) is 1. The van der Waals surface area contributed by atoms with Gasteiger partial charge in [-0.2, -0.15) is 0 Å². The molecule has 1 aliphatic carbocycles. The molecule has 0 radical (unpaired) electrons. The van der Waals surface area contributed by atoms with E-state index in [4.69, 9.17) is 4.74 Å². The van der Waals surface area contributed by atoms with Crippen molar-refractivity contribution in [2.24, 2.45) is 5.92 Å². The summed E-state index contributed by atoms with van der Waals surface area (Å²) in [7, 11) is 1.77. The van der Waals surface area contributed by atoms with Gasteiger partial charge in [-0.15, -0.1) is 0 Å². The largest absolute Gasteiger partial charge is 0.466 e. The molecule has 0 heterocycles. The summed E-state index contributed by atoms with van der Waals surface area (Å²) < 4.78 is 4.86. The van der Waals surface area contributed by atoms with Crippen LogP contribution >= 0.6 is 0 Å². The molecule has 0 spiro atoms. The maximum Gasteiger partial charge on any atom is 0.307 e. The second-order valence-electron chi connectivity index (χ2n) is 5.77. The molecular weight excluding hydrogens is 254 g/mol. The molecule has 0 N–H and O–H groups in total. The molecule has 0 aromatic rings. The van der Waals surface area contributed by atoms with Crippen molar-refractivity contribution in [1.29, 1.82) is 0 Å². The molecule has 0 atom stereocenters. The number of ether oxygens (including phenoxy) is 1. The van der Waals surface area contributed by atoms with Crippen molar-refractivity contribution in [1.82, 2.24) is 4.90 Å². The lowest BCUT2D eigenvalue weighted by molar-refractivity contribution is -0.143. The molecule has 1 rings (SSSR count). The highest BCUT2D eigenvalue weighted by Gasteiger charge is 2.15. The Morgan fingerprint density at radius 2 is 1.85 bits per heavy atom. The van der Waals surface area contributed by atoms with Gasteiger partial charge in [0.1, 0.15) is 0 Å². The van der Waals surface area contributed by atoms with Crippen molar-refractivity contribution < 1.29 is 14.3 Å². The molecule has 1 saturated carbocycles. The second-order valence-corrected chi connectivity index (χ2v) is 5.77. The van der Waals surface area contributed by atoms with Gasteiger partial charge in [-0.1, -0.05) is 32.1 Å². The molecule has 1 aliphatic rings. The average Bonchev–Trinajstić information content (AvgIpc) is 2.46. The van der Waals surface area contributed by atoms with E-state index in [-0.39, 0.29) is 11.9 Å². The average molecular weight is 283 g/mol. The molecule has 4 nitrogen and oxygen atoms in total. The van der Waals surface area contributed by atoms with Crippen molar-refractivity contribution >= 4 is 11.9 Å². The maximum atomic E-state index is 11.9. The minimum absolute atomic E-state index is 0.144. The third-order valence-corrected chi connectivity index (χ3v) is 4.11. The minimum Gasteiger partial charge on any atom is -0.466 e. The topological polar surface area (TPSA) is 46.6 Å². The fourth-order valence-corrected chi connectivity index (χ4v) is 2.83. The third kappa shape index (κ3) is 6.92.